The Bertz CT molecular complexity index is 563. The van der Waals surface area contributed by atoms with Gasteiger partial charge in [-0.2, -0.15) is 0 Å². The quantitative estimate of drug-likeness (QED) is 0.0510. The van der Waals surface area contributed by atoms with Crippen molar-refractivity contribution in [2.45, 2.75) is 213 Å². The van der Waals surface area contributed by atoms with Gasteiger partial charge in [-0.25, -0.2) is 0 Å². The minimum absolute atomic E-state index is 0. The lowest BCUT2D eigenvalue weighted by Crippen LogP contribution is -2.24. The van der Waals surface area contributed by atoms with Crippen LogP contribution in [0.1, 0.15) is 213 Å². The molecule has 0 rings (SSSR count). The number of aliphatic hydroxyl groups is 1. The molecule has 0 bridgehead atoms. The number of unbranched alkanes of at least 4 members (excludes halogenated alkanes) is 24. The Kier molecular flexibility index (Phi) is 42.8. The first-order valence-corrected chi connectivity index (χ1v) is 19.9. The molecule has 0 fully saturated rings. The Balaban J connectivity index is 0. The molecule has 0 aromatic carbocycles. The summed E-state index contributed by atoms with van der Waals surface area (Å²) in [5.41, 5.74) is 6.24. The second-order valence-corrected chi connectivity index (χ2v) is 13.7. The first-order chi connectivity index (χ1) is 21.3. The molecule has 0 aliphatic heterocycles. The summed E-state index contributed by atoms with van der Waals surface area (Å²) >= 11 is 0. The zero-order valence-electron chi connectivity index (χ0n) is 30.2. The van der Waals surface area contributed by atoms with E-state index in [1.165, 1.54) is 193 Å². The number of hydrogen-bond acceptors (Lipinski definition) is 2. The van der Waals surface area contributed by atoms with Crippen molar-refractivity contribution in [3.05, 3.63) is 24.3 Å². The van der Waals surface area contributed by atoms with Crippen LogP contribution in [0.2, 0.25) is 0 Å². The summed E-state index contributed by atoms with van der Waals surface area (Å²) in [7, 11) is 0. The molecular formula is C41H82BrNO. The van der Waals surface area contributed by atoms with Gasteiger partial charge in [-0.05, 0) is 82.6 Å². The number of allylic oxidation sites excluding steroid dienone is 4. The van der Waals surface area contributed by atoms with Crippen LogP contribution in [0, 0.1) is 11.8 Å². The number of rotatable bonds is 36. The maximum atomic E-state index is 9.68. The van der Waals surface area contributed by atoms with E-state index in [-0.39, 0.29) is 17.0 Å². The van der Waals surface area contributed by atoms with Crippen molar-refractivity contribution in [1.82, 2.24) is 0 Å². The van der Waals surface area contributed by atoms with E-state index in [0.717, 1.165) is 13.0 Å². The molecule has 0 aromatic rings. The van der Waals surface area contributed by atoms with Crippen LogP contribution in [0.15, 0.2) is 24.3 Å². The van der Waals surface area contributed by atoms with Crippen molar-refractivity contribution < 1.29 is 5.11 Å². The highest BCUT2D eigenvalue weighted by molar-refractivity contribution is 8.93. The maximum absolute atomic E-state index is 9.68. The normalized spacial score (nSPS) is 13.2. The van der Waals surface area contributed by atoms with Gasteiger partial charge in [0, 0.05) is 6.61 Å². The summed E-state index contributed by atoms with van der Waals surface area (Å²) in [5, 5.41) is 9.68. The zero-order valence-corrected chi connectivity index (χ0v) is 31.9. The molecule has 0 radical (unpaired) electrons. The second-order valence-electron chi connectivity index (χ2n) is 13.7. The van der Waals surface area contributed by atoms with Gasteiger partial charge in [0.25, 0.3) is 0 Å². The first kappa shape index (κ1) is 46.0. The van der Waals surface area contributed by atoms with E-state index in [1.807, 2.05) is 0 Å². The molecule has 0 aliphatic rings. The van der Waals surface area contributed by atoms with Crippen molar-refractivity contribution in [3.63, 3.8) is 0 Å². The average molecular weight is 685 g/mol. The third-order valence-corrected chi connectivity index (χ3v) is 9.64. The third-order valence-electron chi connectivity index (χ3n) is 9.64. The maximum Gasteiger partial charge on any atom is 0.0433 e. The predicted octanol–water partition coefficient (Wildman–Crippen LogP) is 14.0. The number of aliphatic hydroxyl groups excluding tert-OH is 1. The van der Waals surface area contributed by atoms with Crippen molar-refractivity contribution in [2.24, 2.45) is 17.6 Å². The SMILES string of the molecule is Br.CCCCCCCC/C=C\CCCCCCCCC(CN)C(CCO)CCCCCCCC/C=C\CCCCCCCC. The Hall–Kier alpha value is -0.120. The smallest absolute Gasteiger partial charge is 0.0433 e. The van der Waals surface area contributed by atoms with E-state index >= 15 is 0 Å². The summed E-state index contributed by atoms with van der Waals surface area (Å²) in [5.74, 6) is 1.22. The minimum atomic E-state index is 0. The van der Waals surface area contributed by atoms with Crippen molar-refractivity contribution >= 4 is 17.0 Å². The van der Waals surface area contributed by atoms with E-state index in [0.29, 0.717) is 18.4 Å². The Morgan fingerprint density at radius 3 is 1.02 bits per heavy atom. The number of halogens is 1. The molecule has 264 valence electrons. The predicted molar refractivity (Wildman–Crippen MR) is 206 cm³/mol. The topological polar surface area (TPSA) is 46.2 Å². The zero-order chi connectivity index (χ0) is 31.3. The van der Waals surface area contributed by atoms with Crippen LogP contribution in [0.4, 0.5) is 0 Å². The van der Waals surface area contributed by atoms with Gasteiger partial charge in [0.15, 0.2) is 0 Å². The van der Waals surface area contributed by atoms with Gasteiger partial charge in [-0.3, -0.25) is 0 Å². The summed E-state index contributed by atoms with van der Waals surface area (Å²) in [6, 6.07) is 0. The fourth-order valence-electron chi connectivity index (χ4n) is 6.64. The molecule has 0 heterocycles. The largest absolute Gasteiger partial charge is 0.396 e. The molecule has 0 amide bonds. The highest BCUT2D eigenvalue weighted by Gasteiger charge is 2.19. The number of hydrogen-bond donors (Lipinski definition) is 2. The lowest BCUT2D eigenvalue weighted by Gasteiger charge is -2.26. The Morgan fingerprint density at radius 2 is 0.705 bits per heavy atom. The molecule has 0 saturated carbocycles. The second kappa shape index (κ2) is 40.9. The van der Waals surface area contributed by atoms with Crippen LogP contribution >= 0.6 is 17.0 Å². The van der Waals surface area contributed by atoms with Crippen LogP contribution in [-0.4, -0.2) is 18.3 Å². The van der Waals surface area contributed by atoms with E-state index < -0.39 is 0 Å². The number of nitrogens with two attached hydrogens (primary N) is 1. The van der Waals surface area contributed by atoms with Gasteiger partial charge in [0.2, 0.25) is 0 Å². The van der Waals surface area contributed by atoms with Gasteiger partial charge in [0.1, 0.15) is 0 Å². The first-order valence-electron chi connectivity index (χ1n) is 19.9. The van der Waals surface area contributed by atoms with E-state index in [1.54, 1.807) is 0 Å². The third kappa shape index (κ3) is 34.7. The lowest BCUT2D eigenvalue weighted by atomic mass is 9.82. The van der Waals surface area contributed by atoms with Gasteiger partial charge in [-0.1, -0.05) is 173 Å². The highest BCUT2D eigenvalue weighted by atomic mass is 79.9. The molecule has 0 spiro atoms. The van der Waals surface area contributed by atoms with Crippen LogP contribution in [0.25, 0.3) is 0 Å². The summed E-state index contributed by atoms with van der Waals surface area (Å²) in [6.45, 7) is 5.69. The fraction of sp³-hybridized carbons (Fsp3) is 0.902. The van der Waals surface area contributed by atoms with Crippen LogP contribution in [0.3, 0.4) is 0 Å². The van der Waals surface area contributed by atoms with Crippen LogP contribution in [-0.2, 0) is 0 Å². The van der Waals surface area contributed by atoms with E-state index in [4.69, 9.17) is 5.73 Å². The Morgan fingerprint density at radius 1 is 0.409 bits per heavy atom. The van der Waals surface area contributed by atoms with Crippen molar-refractivity contribution in [3.8, 4) is 0 Å². The monoisotopic (exact) mass is 684 g/mol. The molecular weight excluding hydrogens is 602 g/mol. The molecule has 44 heavy (non-hydrogen) atoms. The summed E-state index contributed by atoms with van der Waals surface area (Å²) in [4.78, 5) is 0. The van der Waals surface area contributed by atoms with Crippen LogP contribution in [0.5, 0.6) is 0 Å². The standard InChI is InChI=1S/C41H81NO.BrH/c1-3-5-7-9-11-13-15-17-19-21-23-25-27-29-31-33-35-40(37-38-43)41(39-42)36-34-32-30-28-26-24-22-20-18-16-14-12-10-8-6-4-2;/h17-20,40-41,43H,3-16,21-39,42H2,1-2H3;1H/b19-17-,20-18-;. The van der Waals surface area contributed by atoms with Gasteiger partial charge in [0.05, 0.1) is 0 Å². The molecule has 2 nitrogen and oxygen atoms in total. The van der Waals surface area contributed by atoms with Crippen LogP contribution < -0.4 is 5.73 Å². The van der Waals surface area contributed by atoms with E-state index in [2.05, 4.69) is 38.2 Å². The average Bonchev–Trinajstić information content (AvgIpc) is 3.02. The van der Waals surface area contributed by atoms with Gasteiger partial charge >= 0.3 is 0 Å². The summed E-state index contributed by atoms with van der Waals surface area (Å²) in [6.07, 6.45) is 51.3. The van der Waals surface area contributed by atoms with Gasteiger partial charge in [-0.15, -0.1) is 17.0 Å². The van der Waals surface area contributed by atoms with Crippen molar-refractivity contribution in [1.29, 1.82) is 0 Å². The van der Waals surface area contributed by atoms with Crippen molar-refractivity contribution in [2.75, 3.05) is 13.2 Å². The summed E-state index contributed by atoms with van der Waals surface area (Å²) < 4.78 is 0. The molecule has 2 atom stereocenters. The molecule has 3 heteroatoms. The van der Waals surface area contributed by atoms with Gasteiger partial charge < -0.3 is 10.8 Å². The lowest BCUT2D eigenvalue weighted by molar-refractivity contribution is 0.200. The molecule has 2 unspecified atom stereocenters. The molecule has 0 aliphatic carbocycles. The highest BCUT2D eigenvalue weighted by Crippen LogP contribution is 2.27. The fourth-order valence-corrected chi connectivity index (χ4v) is 6.64. The molecule has 0 saturated heterocycles. The molecule has 0 aromatic heterocycles. The Labute approximate surface area is 289 Å². The molecule has 3 N–H and O–H groups in total. The minimum Gasteiger partial charge on any atom is -0.396 e. The van der Waals surface area contributed by atoms with E-state index in [9.17, 15) is 5.11 Å².